The zero-order valence-corrected chi connectivity index (χ0v) is 10.6. The molecule has 17 heavy (non-hydrogen) atoms. The predicted molar refractivity (Wildman–Crippen MR) is 67.0 cm³/mol. The molecule has 0 fully saturated rings. The number of benzene rings is 1. The number of aliphatic hydroxyl groups is 1. The Hall–Kier alpha value is -1.26. The molecule has 2 rings (SSSR count). The molecule has 1 aromatic heterocycles. The van der Waals surface area contributed by atoms with Gasteiger partial charge in [-0.15, -0.1) is 0 Å². The first kappa shape index (κ1) is 12.2. The SMILES string of the molecule is OC(Cc1ccncc1)c1ccc(F)cc1Br. The summed E-state index contributed by atoms with van der Waals surface area (Å²) in [7, 11) is 0. The molecule has 0 saturated heterocycles. The third-order valence-corrected chi connectivity index (χ3v) is 3.19. The summed E-state index contributed by atoms with van der Waals surface area (Å²) in [6.45, 7) is 0. The molecule has 0 aliphatic rings. The maximum atomic E-state index is 12.9. The van der Waals surface area contributed by atoms with Gasteiger partial charge >= 0.3 is 0 Å². The van der Waals surface area contributed by atoms with Crippen LogP contribution in [-0.2, 0) is 6.42 Å². The highest BCUT2D eigenvalue weighted by atomic mass is 79.9. The molecule has 88 valence electrons. The topological polar surface area (TPSA) is 33.1 Å². The number of pyridine rings is 1. The number of nitrogens with zero attached hydrogens (tertiary/aromatic N) is 1. The molecular formula is C13H11BrFNO. The van der Waals surface area contributed by atoms with Crippen LogP contribution in [0, 0.1) is 5.82 Å². The Morgan fingerprint density at radius 3 is 2.59 bits per heavy atom. The molecule has 2 aromatic rings. The van der Waals surface area contributed by atoms with E-state index in [0.29, 0.717) is 16.5 Å². The van der Waals surface area contributed by atoms with Crippen molar-refractivity contribution >= 4 is 15.9 Å². The zero-order valence-electron chi connectivity index (χ0n) is 8.98. The second-order valence-corrected chi connectivity index (χ2v) is 4.60. The van der Waals surface area contributed by atoms with E-state index in [0.717, 1.165) is 5.56 Å². The standard InChI is InChI=1S/C13H11BrFNO/c14-12-8-10(15)1-2-11(12)13(17)7-9-3-5-16-6-4-9/h1-6,8,13,17H,7H2. The van der Waals surface area contributed by atoms with Crippen LogP contribution >= 0.6 is 15.9 Å². The van der Waals surface area contributed by atoms with Crippen LogP contribution in [0.5, 0.6) is 0 Å². The Bertz CT molecular complexity index is 504. The van der Waals surface area contributed by atoms with Crippen LogP contribution in [0.3, 0.4) is 0 Å². The third kappa shape index (κ3) is 3.11. The van der Waals surface area contributed by atoms with Gasteiger partial charge in [-0.3, -0.25) is 4.98 Å². The fourth-order valence-electron chi connectivity index (χ4n) is 1.62. The summed E-state index contributed by atoms with van der Waals surface area (Å²) < 4.78 is 13.5. The number of aromatic nitrogens is 1. The smallest absolute Gasteiger partial charge is 0.124 e. The lowest BCUT2D eigenvalue weighted by atomic mass is 10.0. The van der Waals surface area contributed by atoms with E-state index in [4.69, 9.17) is 0 Å². The van der Waals surface area contributed by atoms with Crippen molar-refractivity contribution in [3.05, 3.63) is 64.1 Å². The summed E-state index contributed by atoms with van der Waals surface area (Å²) in [5.41, 5.74) is 1.67. The Labute approximate surface area is 107 Å². The van der Waals surface area contributed by atoms with Gasteiger partial charge < -0.3 is 5.11 Å². The molecule has 0 saturated carbocycles. The maximum absolute atomic E-state index is 12.9. The quantitative estimate of drug-likeness (QED) is 0.943. The van der Waals surface area contributed by atoms with Crippen molar-refractivity contribution < 1.29 is 9.50 Å². The molecule has 1 unspecified atom stereocenters. The predicted octanol–water partition coefficient (Wildman–Crippen LogP) is 3.26. The molecule has 1 heterocycles. The molecule has 4 heteroatoms. The molecule has 0 radical (unpaired) electrons. The molecule has 0 aliphatic carbocycles. The summed E-state index contributed by atoms with van der Waals surface area (Å²) in [6.07, 6.45) is 3.18. The number of halogens is 2. The highest BCUT2D eigenvalue weighted by molar-refractivity contribution is 9.10. The second kappa shape index (κ2) is 5.38. The van der Waals surface area contributed by atoms with Crippen molar-refractivity contribution in [3.8, 4) is 0 Å². The lowest BCUT2D eigenvalue weighted by Crippen LogP contribution is -2.03. The molecule has 1 aromatic carbocycles. The first-order valence-electron chi connectivity index (χ1n) is 5.19. The molecule has 0 bridgehead atoms. The highest BCUT2D eigenvalue weighted by Crippen LogP contribution is 2.26. The Kier molecular flexibility index (Phi) is 3.86. The monoisotopic (exact) mass is 295 g/mol. The summed E-state index contributed by atoms with van der Waals surface area (Å²) in [4.78, 5) is 3.91. The molecule has 0 aliphatic heterocycles. The minimum absolute atomic E-state index is 0.322. The lowest BCUT2D eigenvalue weighted by molar-refractivity contribution is 0.177. The first-order chi connectivity index (χ1) is 8.16. The van der Waals surface area contributed by atoms with Crippen LogP contribution in [0.25, 0.3) is 0 Å². The second-order valence-electron chi connectivity index (χ2n) is 3.74. The van der Waals surface area contributed by atoms with E-state index in [1.165, 1.54) is 12.1 Å². The summed E-state index contributed by atoms with van der Waals surface area (Å²) in [6, 6.07) is 7.98. The minimum Gasteiger partial charge on any atom is -0.388 e. The molecule has 0 amide bonds. The number of rotatable bonds is 3. The van der Waals surface area contributed by atoms with Crippen LogP contribution in [-0.4, -0.2) is 10.1 Å². The van der Waals surface area contributed by atoms with Crippen molar-refractivity contribution in [1.82, 2.24) is 4.98 Å². The van der Waals surface area contributed by atoms with Gasteiger partial charge in [0, 0.05) is 23.3 Å². The van der Waals surface area contributed by atoms with E-state index in [1.54, 1.807) is 18.5 Å². The lowest BCUT2D eigenvalue weighted by Gasteiger charge is -2.12. The zero-order chi connectivity index (χ0) is 12.3. The van der Waals surface area contributed by atoms with Gasteiger partial charge in [0.2, 0.25) is 0 Å². The number of hydrogen-bond acceptors (Lipinski definition) is 2. The first-order valence-corrected chi connectivity index (χ1v) is 5.98. The van der Waals surface area contributed by atoms with Gasteiger partial charge in [-0.1, -0.05) is 22.0 Å². The maximum Gasteiger partial charge on any atom is 0.124 e. The van der Waals surface area contributed by atoms with Crippen LogP contribution in [0.4, 0.5) is 4.39 Å². The Balaban J connectivity index is 2.17. The van der Waals surface area contributed by atoms with E-state index < -0.39 is 6.10 Å². The van der Waals surface area contributed by atoms with Crippen molar-refractivity contribution in [1.29, 1.82) is 0 Å². The fourth-order valence-corrected chi connectivity index (χ4v) is 2.24. The van der Waals surface area contributed by atoms with Crippen LogP contribution in [0.15, 0.2) is 47.2 Å². The van der Waals surface area contributed by atoms with E-state index in [9.17, 15) is 9.50 Å². The fraction of sp³-hybridized carbons (Fsp3) is 0.154. The number of aliphatic hydroxyl groups excluding tert-OH is 1. The van der Waals surface area contributed by atoms with Crippen LogP contribution < -0.4 is 0 Å². The molecule has 0 spiro atoms. The summed E-state index contributed by atoms with van der Waals surface area (Å²) in [5, 5.41) is 10.1. The van der Waals surface area contributed by atoms with E-state index in [-0.39, 0.29) is 5.82 Å². The van der Waals surface area contributed by atoms with Crippen molar-refractivity contribution in [2.45, 2.75) is 12.5 Å². The number of hydrogen-bond donors (Lipinski definition) is 1. The van der Waals surface area contributed by atoms with E-state index >= 15 is 0 Å². The summed E-state index contributed by atoms with van der Waals surface area (Å²) in [5.74, 6) is -0.322. The van der Waals surface area contributed by atoms with Gasteiger partial charge in [-0.05, 0) is 35.4 Å². The molecular weight excluding hydrogens is 285 g/mol. The highest BCUT2D eigenvalue weighted by Gasteiger charge is 2.12. The largest absolute Gasteiger partial charge is 0.388 e. The van der Waals surface area contributed by atoms with Gasteiger partial charge in [0.15, 0.2) is 0 Å². The average Bonchev–Trinajstić information content (AvgIpc) is 2.30. The Morgan fingerprint density at radius 2 is 1.94 bits per heavy atom. The third-order valence-electron chi connectivity index (χ3n) is 2.50. The van der Waals surface area contributed by atoms with Crippen molar-refractivity contribution in [3.63, 3.8) is 0 Å². The molecule has 2 nitrogen and oxygen atoms in total. The van der Waals surface area contributed by atoms with Crippen molar-refractivity contribution in [2.24, 2.45) is 0 Å². The normalized spacial score (nSPS) is 12.4. The van der Waals surface area contributed by atoms with Crippen LogP contribution in [0.1, 0.15) is 17.2 Å². The molecule has 1 N–H and O–H groups in total. The van der Waals surface area contributed by atoms with E-state index in [2.05, 4.69) is 20.9 Å². The average molecular weight is 296 g/mol. The van der Waals surface area contributed by atoms with Crippen LogP contribution in [0.2, 0.25) is 0 Å². The van der Waals surface area contributed by atoms with Gasteiger partial charge in [-0.2, -0.15) is 0 Å². The van der Waals surface area contributed by atoms with Gasteiger partial charge in [0.1, 0.15) is 5.82 Å². The summed E-state index contributed by atoms with van der Waals surface area (Å²) >= 11 is 3.25. The van der Waals surface area contributed by atoms with Gasteiger partial charge in [0.25, 0.3) is 0 Å². The van der Waals surface area contributed by atoms with Gasteiger partial charge in [0.05, 0.1) is 6.10 Å². The van der Waals surface area contributed by atoms with E-state index in [1.807, 2.05) is 12.1 Å². The van der Waals surface area contributed by atoms with Crippen molar-refractivity contribution in [2.75, 3.05) is 0 Å². The van der Waals surface area contributed by atoms with Gasteiger partial charge in [-0.25, -0.2) is 4.39 Å². The Morgan fingerprint density at radius 1 is 1.24 bits per heavy atom. The minimum atomic E-state index is -0.660. The molecule has 1 atom stereocenters.